The monoisotopic (exact) mass is 704 g/mol. The molecular formula is C39H56N6O6. The Morgan fingerprint density at radius 3 is 2.33 bits per heavy atom. The van der Waals surface area contributed by atoms with Crippen LogP contribution in [-0.2, 0) is 25.7 Å². The predicted octanol–water partition coefficient (Wildman–Crippen LogP) is 3.55. The van der Waals surface area contributed by atoms with Crippen molar-refractivity contribution in [2.24, 2.45) is 28.6 Å². The minimum atomic E-state index is -1.04. The van der Waals surface area contributed by atoms with Crippen LogP contribution in [0.4, 0.5) is 4.79 Å². The molecule has 2 saturated carbocycles. The number of amides is 6. The third kappa shape index (κ3) is 7.99. The largest absolute Gasteiger partial charge is 0.346 e. The van der Waals surface area contributed by atoms with E-state index in [1.165, 1.54) is 6.08 Å². The maximum atomic E-state index is 14.6. The topological polar surface area (TPSA) is 157 Å². The van der Waals surface area contributed by atoms with Gasteiger partial charge in [0.25, 0.3) is 11.8 Å². The van der Waals surface area contributed by atoms with Crippen molar-refractivity contribution in [3.05, 3.63) is 48.0 Å². The van der Waals surface area contributed by atoms with Crippen LogP contribution in [-0.4, -0.2) is 89.0 Å². The van der Waals surface area contributed by atoms with E-state index in [4.69, 9.17) is 0 Å². The van der Waals surface area contributed by atoms with E-state index >= 15 is 0 Å². The van der Waals surface area contributed by atoms with E-state index in [0.717, 1.165) is 37.7 Å². The first-order valence-corrected chi connectivity index (χ1v) is 18.6. The normalized spacial score (nSPS) is 24.0. The van der Waals surface area contributed by atoms with Crippen molar-refractivity contribution in [1.82, 2.24) is 31.1 Å². The number of urea groups is 1. The number of rotatable bonds is 13. The summed E-state index contributed by atoms with van der Waals surface area (Å²) in [5.74, 6) is -2.51. The highest BCUT2D eigenvalue weighted by Crippen LogP contribution is 2.65. The Morgan fingerprint density at radius 2 is 1.71 bits per heavy atom. The number of piperidine rings is 1. The fraction of sp³-hybridized carbons (Fsp3) is 0.641. The zero-order chi connectivity index (χ0) is 37.2. The average molecular weight is 705 g/mol. The van der Waals surface area contributed by atoms with Crippen LogP contribution in [0.25, 0.3) is 0 Å². The number of hydrogen-bond donors (Lipinski definition) is 4. The molecule has 4 N–H and O–H groups in total. The van der Waals surface area contributed by atoms with E-state index in [2.05, 4.69) is 41.7 Å². The quantitative estimate of drug-likeness (QED) is 0.182. The summed E-state index contributed by atoms with van der Waals surface area (Å²) in [4.78, 5) is 84.4. The van der Waals surface area contributed by atoms with Gasteiger partial charge in [0.1, 0.15) is 12.1 Å². The number of nitrogens with one attached hydrogen (secondary N) is 4. The van der Waals surface area contributed by atoms with Crippen molar-refractivity contribution in [2.45, 2.75) is 111 Å². The lowest BCUT2D eigenvalue weighted by Crippen LogP contribution is -2.61. The molecule has 0 bridgehead atoms. The van der Waals surface area contributed by atoms with Gasteiger partial charge in [-0.05, 0) is 59.5 Å². The van der Waals surface area contributed by atoms with Crippen molar-refractivity contribution in [3.8, 4) is 0 Å². The van der Waals surface area contributed by atoms with Crippen LogP contribution in [0.1, 0.15) is 96.0 Å². The molecule has 6 amide bonds. The number of Topliss-reactive ketones (excluding diaryl/α,β-unsaturated/α-hetero) is 1. The van der Waals surface area contributed by atoms with E-state index in [1.807, 2.05) is 45.0 Å². The summed E-state index contributed by atoms with van der Waals surface area (Å²) >= 11 is 0. The molecule has 2 heterocycles. The zero-order valence-corrected chi connectivity index (χ0v) is 31.1. The van der Waals surface area contributed by atoms with Crippen molar-refractivity contribution in [3.63, 3.8) is 0 Å². The summed E-state index contributed by atoms with van der Waals surface area (Å²) in [6.07, 6.45) is 6.16. The highest BCUT2D eigenvalue weighted by molar-refractivity contribution is 6.38. The van der Waals surface area contributed by atoms with Crippen molar-refractivity contribution in [2.75, 3.05) is 19.6 Å². The lowest BCUT2D eigenvalue weighted by molar-refractivity contribution is -0.144. The number of ketones is 1. The zero-order valence-electron chi connectivity index (χ0n) is 31.1. The third-order valence-electron chi connectivity index (χ3n) is 11.8. The number of carbonyl (C=O) groups is 6. The summed E-state index contributed by atoms with van der Waals surface area (Å²) in [5, 5.41) is 11.4. The van der Waals surface area contributed by atoms with Gasteiger partial charge in [0.15, 0.2) is 0 Å². The maximum Gasteiger partial charge on any atom is 0.315 e. The highest BCUT2D eigenvalue weighted by atomic mass is 16.2. The molecule has 6 atom stereocenters. The summed E-state index contributed by atoms with van der Waals surface area (Å²) in [7, 11) is 0. The van der Waals surface area contributed by atoms with Gasteiger partial charge in [0.05, 0.1) is 12.1 Å². The first-order valence-electron chi connectivity index (χ1n) is 18.6. The average Bonchev–Trinajstić information content (AvgIpc) is 3.38. The van der Waals surface area contributed by atoms with Gasteiger partial charge in [-0.15, -0.1) is 6.58 Å². The molecule has 5 rings (SSSR count). The molecule has 12 nitrogen and oxygen atoms in total. The van der Waals surface area contributed by atoms with Crippen LogP contribution in [0.2, 0.25) is 0 Å². The van der Waals surface area contributed by atoms with Crippen LogP contribution in [0, 0.1) is 28.6 Å². The fourth-order valence-electron chi connectivity index (χ4n) is 8.42. The number of nitrogens with zero attached hydrogens (tertiary/aromatic N) is 2. The molecule has 1 unspecified atom stereocenters. The second kappa shape index (κ2) is 15.2. The molecule has 0 radical (unpaired) electrons. The van der Waals surface area contributed by atoms with Crippen molar-refractivity contribution < 1.29 is 28.8 Å². The molecule has 3 fully saturated rings. The molecule has 278 valence electrons. The minimum absolute atomic E-state index is 0.0680. The second-order valence-corrected chi connectivity index (χ2v) is 16.5. The molecule has 1 aromatic rings. The number of carbonyl (C=O) groups excluding carboxylic acids is 6. The van der Waals surface area contributed by atoms with Crippen LogP contribution in [0.5, 0.6) is 0 Å². The Balaban J connectivity index is 1.33. The number of fused-ring (bicyclic) bond motifs is 2. The summed E-state index contributed by atoms with van der Waals surface area (Å²) in [6, 6.07) is 3.89. The van der Waals surface area contributed by atoms with E-state index in [0.29, 0.717) is 25.2 Å². The smallest absolute Gasteiger partial charge is 0.315 e. The minimum Gasteiger partial charge on any atom is -0.346 e. The van der Waals surface area contributed by atoms with Gasteiger partial charge in [-0.1, -0.05) is 85.1 Å². The summed E-state index contributed by atoms with van der Waals surface area (Å²) in [6.45, 7) is 16.7. The Labute approximate surface area is 301 Å². The van der Waals surface area contributed by atoms with E-state index in [1.54, 1.807) is 16.7 Å². The van der Waals surface area contributed by atoms with Crippen molar-refractivity contribution >= 4 is 35.4 Å². The van der Waals surface area contributed by atoms with Crippen LogP contribution >= 0.6 is 0 Å². The molecule has 2 aliphatic carbocycles. The molecule has 0 spiro atoms. The molecule has 0 aromatic heterocycles. The SMILES string of the molecule is C=CCNC(=O)C(=O)C(CC)NC(=O)[C@@H]1[C@@H]2[C@H](CN1C(=O)[C@@H](NC(=O)N[C@H](CN1Cc3ccccc3C1=O)C(C)(C)C)C1CCCCC1)C2(C)C. The molecule has 1 saturated heterocycles. The molecule has 2 aliphatic heterocycles. The van der Waals surface area contributed by atoms with Gasteiger partial charge in [-0.2, -0.15) is 0 Å². The number of benzene rings is 1. The lowest BCUT2D eigenvalue weighted by atomic mass is 9.83. The standard InChI is InChI=1S/C39H56N6O6/c1-8-19-40-34(48)32(46)27(9-2)41-33(47)31-29-26(39(29,6)7)21-45(31)36(50)30(23-15-11-10-12-16-23)43-37(51)42-28(38(3,4)5)22-44-20-24-17-13-14-18-25(24)35(44)49/h8,13-14,17-18,23,26-31H,1,9-12,15-16,19-22H2,2-7H3,(H,40,48)(H,41,47)(H2,42,43,51)/t26-,27?,28+,29-,30-,31-/m0/s1. The Kier molecular flexibility index (Phi) is 11.3. The summed E-state index contributed by atoms with van der Waals surface area (Å²) < 4.78 is 0. The second-order valence-electron chi connectivity index (χ2n) is 16.5. The molecular weight excluding hydrogens is 648 g/mol. The van der Waals surface area contributed by atoms with Crippen LogP contribution in [0.3, 0.4) is 0 Å². The molecule has 4 aliphatic rings. The lowest BCUT2D eigenvalue weighted by Gasteiger charge is -2.38. The summed E-state index contributed by atoms with van der Waals surface area (Å²) in [5.41, 5.74) is 1.05. The van der Waals surface area contributed by atoms with Gasteiger partial charge in [-0.25, -0.2) is 4.79 Å². The first kappa shape index (κ1) is 38.0. The Morgan fingerprint density at radius 1 is 1.02 bits per heavy atom. The predicted molar refractivity (Wildman–Crippen MR) is 193 cm³/mol. The van der Waals surface area contributed by atoms with Crippen molar-refractivity contribution in [1.29, 1.82) is 0 Å². The van der Waals surface area contributed by atoms with Gasteiger partial charge in [-0.3, -0.25) is 24.0 Å². The molecule has 1 aromatic carbocycles. The van der Waals surface area contributed by atoms with Crippen LogP contribution in [0.15, 0.2) is 36.9 Å². The van der Waals surface area contributed by atoms with E-state index in [-0.39, 0.29) is 47.9 Å². The number of hydrogen-bond acceptors (Lipinski definition) is 6. The van der Waals surface area contributed by atoms with E-state index in [9.17, 15) is 28.8 Å². The highest BCUT2D eigenvalue weighted by Gasteiger charge is 2.69. The molecule has 12 heteroatoms. The third-order valence-corrected chi connectivity index (χ3v) is 11.8. The Bertz CT molecular complexity index is 1540. The maximum absolute atomic E-state index is 14.6. The van der Waals surface area contributed by atoms with E-state index < -0.39 is 53.2 Å². The Hall–Kier alpha value is -4.22. The number of likely N-dealkylation sites (tertiary alicyclic amines) is 1. The van der Waals surface area contributed by atoms with Gasteiger partial charge in [0, 0.05) is 31.7 Å². The molecule has 51 heavy (non-hydrogen) atoms. The first-order chi connectivity index (χ1) is 24.1. The van der Waals surface area contributed by atoms with Crippen LogP contribution < -0.4 is 21.3 Å². The van der Waals surface area contributed by atoms with Gasteiger partial charge < -0.3 is 31.1 Å². The van der Waals surface area contributed by atoms with Gasteiger partial charge in [0.2, 0.25) is 17.6 Å². The fourth-order valence-corrected chi connectivity index (χ4v) is 8.42. The van der Waals surface area contributed by atoms with Gasteiger partial charge >= 0.3 is 6.03 Å².